The predicted molar refractivity (Wildman–Crippen MR) is 44.6 cm³/mol. The molecule has 0 heterocycles. The summed E-state index contributed by atoms with van der Waals surface area (Å²) in [4.78, 5) is 10.3. The number of alkyl halides is 3. The molecule has 0 aliphatic rings. The van der Waals surface area contributed by atoms with E-state index in [1.54, 1.807) is 0 Å². The van der Waals surface area contributed by atoms with Crippen molar-refractivity contribution >= 4 is 12.0 Å². The maximum atomic E-state index is 12.2. The molecule has 0 amide bonds. The lowest BCUT2D eigenvalue weighted by Crippen LogP contribution is -2.11. The van der Waals surface area contributed by atoms with Crippen LogP contribution in [0, 0.1) is 0 Å². The Morgan fingerprint density at radius 3 is 2.36 bits per heavy atom. The molecule has 0 saturated heterocycles. The van der Waals surface area contributed by atoms with Gasteiger partial charge in [-0.3, -0.25) is 10.6 Å². The van der Waals surface area contributed by atoms with Crippen LogP contribution in [0.5, 0.6) is 0 Å². The van der Waals surface area contributed by atoms with Crippen molar-refractivity contribution in [3.8, 4) is 0 Å². The standard InChI is InChI=1S/C8H7F3N2O/c9-8(10,11)6-1-5(4-14)2-7(3-6)13-12/h1-4,13H,12H2. The van der Waals surface area contributed by atoms with E-state index in [1.807, 2.05) is 0 Å². The Morgan fingerprint density at radius 1 is 1.29 bits per heavy atom. The third-order valence-electron chi connectivity index (χ3n) is 1.59. The Labute approximate surface area is 77.7 Å². The van der Waals surface area contributed by atoms with Crippen LogP contribution >= 0.6 is 0 Å². The highest BCUT2D eigenvalue weighted by Crippen LogP contribution is 2.31. The minimum atomic E-state index is -4.48. The van der Waals surface area contributed by atoms with Crippen LogP contribution in [-0.2, 0) is 6.18 Å². The molecule has 76 valence electrons. The second-order valence-corrected chi connectivity index (χ2v) is 2.60. The Bertz CT molecular complexity index is 349. The molecule has 6 heteroatoms. The molecule has 0 spiro atoms. The zero-order chi connectivity index (χ0) is 10.8. The molecule has 3 N–H and O–H groups in total. The fourth-order valence-electron chi connectivity index (χ4n) is 0.967. The molecule has 0 atom stereocenters. The van der Waals surface area contributed by atoms with Crippen molar-refractivity contribution in [2.75, 3.05) is 5.43 Å². The second kappa shape index (κ2) is 3.67. The molecular formula is C8H7F3N2O. The first-order chi connectivity index (χ1) is 6.47. The minimum absolute atomic E-state index is 0.0434. The second-order valence-electron chi connectivity index (χ2n) is 2.60. The molecule has 0 aromatic heterocycles. The summed E-state index contributed by atoms with van der Waals surface area (Å²) in [6, 6.07) is 2.81. The lowest BCUT2D eigenvalue weighted by atomic mass is 10.1. The SMILES string of the molecule is NNc1cc(C=O)cc(C(F)(F)F)c1. The smallest absolute Gasteiger partial charge is 0.324 e. The lowest BCUT2D eigenvalue weighted by Gasteiger charge is -2.09. The number of benzene rings is 1. The largest absolute Gasteiger partial charge is 0.416 e. The molecule has 0 aliphatic carbocycles. The maximum absolute atomic E-state index is 12.2. The van der Waals surface area contributed by atoms with Gasteiger partial charge in [-0.1, -0.05) is 0 Å². The molecule has 0 aliphatic heterocycles. The number of anilines is 1. The van der Waals surface area contributed by atoms with Crippen LogP contribution in [0.15, 0.2) is 18.2 Å². The van der Waals surface area contributed by atoms with Crippen LogP contribution in [0.2, 0.25) is 0 Å². The zero-order valence-corrected chi connectivity index (χ0v) is 6.93. The van der Waals surface area contributed by atoms with Crippen molar-refractivity contribution in [2.45, 2.75) is 6.18 Å². The van der Waals surface area contributed by atoms with Crippen molar-refractivity contribution < 1.29 is 18.0 Å². The highest BCUT2D eigenvalue weighted by molar-refractivity contribution is 5.77. The molecule has 1 aromatic rings. The minimum Gasteiger partial charge on any atom is -0.324 e. The Balaban J connectivity index is 3.24. The van der Waals surface area contributed by atoms with Crippen LogP contribution < -0.4 is 11.3 Å². The normalized spacial score (nSPS) is 11.1. The van der Waals surface area contributed by atoms with Crippen molar-refractivity contribution in [3.63, 3.8) is 0 Å². The summed E-state index contributed by atoms with van der Waals surface area (Å²) < 4.78 is 36.7. The number of halogens is 3. The van der Waals surface area contributed by atoms with Gasteiger partial charge in [-0.2, -0.15) is 13.2 Å². The van der Waals surface area contributed by atoms with Crippen molar-refractivity contribution in [1.29, 1.82) is 0 Å². The van der Waals surface area contributed by atoms with Crippen LogP contribution in [0.25, 0.3) is 0 Å². The molecule has 3 nitrogen and oxygen atoms in total. The average molecular weight is 204 g/mol. The average Bonchev–Trinajstić information content (AvgIpc) is 2.15. The van der Waals surface area contributed by atoms with Crippen molar-refractivity contribution in [2.24, 2.45) is 5.84 Å². The summed E-state index contributed by atoms with van der Waals surface area (Å²) in [5.41, 5.74) is 1.12. The first-order valence-electron chi connectivity index (χ1n) is 3.61. The van der Waals surface area contributed by atoms with Gasteiger partial charge in [0.05, 0.1) is 5.56 Å². The topological polar surface area (TPSA) is 55.1 Å². The molecule has 1 aromatic carbocycles. The molecule has 0 saturated carbocycles. The molecular weight excluding hydrogens is 197 g/mol. The third-order valence-corrected chi connectivity index (χ3v) is 1.59. The number of carbonyl (C=O) groups is 1. The molecule has 14 heavy (non-hydrogen) atoms. The van der Waals surface area contributed by atoms with Crippen molar-refractivity contribution in [1.82, 2.24) is 0 Å². The predicted octanol–water partition coefficient (Wildman–Crippen LogP) is 1.80. The highest BCUT2D eigenvalue weighted by Gasteiger charge is 2.31. The lowest BCUT2D eigenvalue weighted by molar-refractivity contribution is -0.137. The van der Waals surface area contributed by atoms with Gasteiger partial charge in [0.25, 0.3) is 0 Å². The van der Waals surface area contributed by atoms with Gasteiger partial charge in [0.15, 0.2) is 0 Å². The van der Waals surface area contributed by atoms with E-state index in [0.29, 0.717) is 6.29 Å². The number of hydrogen-bond donors (Lipinski definition) is 2. The van der Waals surface area contributed by atoms with Crippen LogP contribution in [-0.4, -0.2) is 6.29 Å². The van der Waals surface area contributed by atoms with E-state index in [4.69, 9.17) is 5.84 Å². The first-order valence-corrected chi connectivity index (χ1v) is 3.61. The van der Waals surface area contributed by atoms with Crippen molar-refractivity contribution in [3.05, 3.63) is 29.3 Å². The number of carbonyl (C=O) groups excluding carboxylic acids is 1. The number of nitrogens with one attached hydrogen (secondary N) is 1. The number of nitrogens with two attached hydrogens (primary N) is 1. The van der Waals surface area contributed by atoms with E-state index in [1.165, 1.54) is 6.07 Å². The maximum Gasteiger partial charge on any atom is 0.416 e. The molecule has 0 unspecified atom stereocenters. The third kappa shape index (κ3) is 2.23. The summed E-state index contributed by atoms with van der Waals surface area (Å²) in [6.45, 7) is 0. The van der Waals surface area contributed by atoms with Crippen LogP contribution in [0.1, 0.15) is 15.9 Å². The van der Waals surface area contributed by atoms with E-state index in [2.05, 4.69) is 5.43 Å². The van der Waals surface area contributed by atoms with Gasteiger partial charge in [-0.05, 0) is 18.2 Å². The van der Waals surface area contributed by atoms with Gasteiger partial charge < -0.3 is 5.43 Å². The van der Waals surface area contributed by atoms with E-state index >= 15 is 0 Å². The zero-order valence-electron chi connectivity index (χ0n) is 6.93. The van der Waals surface area contributed by atoms with Gasteiger partial charge in [0.1, 0.15) is 6.29 Å². The number of hydrogen-bond acceptors (Lipinski definition) is 3. The summed E-state index contributed by atoms with van der Waals surface area (Å²) >= 11 is 0. The fourth-order valence-corrected chi connectivity index (χ4v) is 0.967. The molecule has 0 fully saturated rings. The van der Waals surface area contributed by atoms with E-state index in [9.17, 15) is 18.0 Å². The molecule has 0 radical (unpaired) electrons. The highest BCUT2D eigenvalue weighted by atomic mass is 19.4. The number of aldehydes is 1. The number of nitrogen functional groups attached to an aromatic ring is 1. The molecule has 1 rings (SSSR count). The van der Waals surface area contributed by atoms with E-state index in [0.717, 1.165) is 12.1 Å². The van der Waals surface area contributed by atoms with Gasteiger partial charge in [0, 0.05) is 11.3 Å². The summed E-state index contributed by atoms with van der Waals surface area (Å²) in [5, 5.41) is 0. The monoisotopic (exact) mass is 204 g/mol. The Morgan fingerprint density at radius 2 is 1.93 bits per heavy atom. The quantitative estimate of drug-likeness (QED) is 0.438. The van der Waals surface area contributed by atoms with E-state index in [-0.39, 0.29) is 11.3 Å². The van der Waals surface area contributed by atoms with Gasteiger partial charge >= 0.3 is 6.18 Å². The Kier molecular flexibility index (Phi) is 2.76. The molecule has 0 bridgehead atoms. The van der Waals surface area contributed by atoms with Crippen LogP contribution in [0.3, 0.4) is 0 Å². The first kappa shape index (κ1) is 10.5. The van der Waals surface area contributed by atoms with Gasteiger partial charge in [0.2, 0.25) is 0 Å². The van der Waals surface area contributed by atoms with Crippen LogP contribution in [0.4, 0.5) is 18.9 Å². The fraction of sp³-hybridized carbons (Fsp3) is 0.125. The van der Waals surface area contributed by atoms with E-state index < -0.39 is 11.7 Å². The number of hydrazine groups is 1. The van der Waals surface area contributed by atoms with Gasteiger partial charge in [-0.15, -0.1) is 0 Å². The number of rotatable bonds is 2. The Hall–Kier alpha value is -1.56. The summed E-state index contributed by atoms with van der Waals surface area (Å²) in [6.07, 6.45) is -4.15. The van der Waals surface area contributed by atoms with Gasteiger partial charge in [-0.25, -0.2) is 0 Å². The summed E-state index contributed by atoms with van der Waals surface area (Å²) in [5.74, 6) is 4.95. The summed E-state index contributed by atoms with van der Waals surface area (Å²) in [7, 11) is 0.